The molecule has 0 aromatic rings. The van der Waals surface area contributed by atoms with E-state index in [0.29, 0.717) is 6.54 Å². The first-order valence-electron chi connectivity index (χ1n) is 7.19. The number of carboxylic acids is 1. The smallest absolute Gasteiger partial charge is 0.393 e. The highest BCUT2D eigenvalue weighted by Gasteiger charge is 2.52. The summed E-state index contributed by atoms with van der Waals surface area (Å²) in [5.74, 6) is -5.29. The summed E-state index contributed by atoms with van der Waals surface area (Å²) in [4.78, 5) is 23.9. The zero-order valence-electron chi connectivity index (χ0n) is 13.0. The molecule has 0 aliphatic carbocycles. The Bertz CT molecular complexity index is 419. The largest absolute Gasteiger partial charge is 0.481 e. The van der Waals surface area contributed by atoms with E-state index < -0.39 is 30.5 Å². The van der Waals surface area contributed by atoms with Crippen molar-refractivity contribution in [3.8, 4) is 0 Å². The summed E-state index contributed by atoms with van der Waals surface area (Å²) in [5.41, 5.74) is 0.0523. The first kappa shape index (κ1) is 18.7. The van der Waals surface area contributed by atoms with Crippen LogP contribution in [0.3, 0.4) is 0 Å². The van der Waals surface area contributed by atoms with E-state index in [1.165, 1.54) is 4.90 Å². The summed E-state index contributed by atoms with van der Waals surface area (Å²) in [6.45, 7) is 5.59. The molecule has 22 heavy (non-hydrogen) atoms. The Balaban J connectivity index is 2.50. The lowest BCUT2D eigenvalue weighted by atomic mass is 9.92. The molecule has 1 fully saturated rings. The molecule has 0 radical (unpaired) electrons. The summed E-state index contributed by atoms with van der Waals surface area (Å²) < 4.78 is 38.5. The van der Waals surface area contributed by atoms with Crippen LogP contribution in [0.2, 0.25) is 0 Å². The fraction of sp³-hybridized carbons (Fsp3) is 0.857. The summed E-state index contributed by atoms with van der Waals surface area (Å²) in [6, 6.07) is 0. The summed E-state index contributed by atoms with van der Waals surface area (Å²) in [6.07, 6.45) is -3.82. The summed E-state index contributed by atoms with van der Waals surface area (Å²) in [7, 11) is 0. The van der Waals surface area contributed by atoms with Crippen LogP contribution in [-0.2, 0) is 9.59 Å². The number of nitrogens with zero attached hydrogens (tertiary/aromatic N) is 1. The van der Waals surface area contributed by atoms with Gasteiger partial charge in [-0.25, -0.2) is 0 Å². The summed E-state index contributed by atoms with van der Waals surface area (Å²) in [5, 5.41) is 11.6. The number of halogens is 3. The number of rotatable bonds is 5. The third-order valence-corrected chi connectivity index (χ3v) is 3.70. The van der Waals surface area contributed by atoms with E-state index in [1.54, 1.807) is 0 Å². The molecule has 0 bridgehead atoms. The Kier molecular flexibility index (Phi) is 5.83. The van der Waals surface area contributed by atoms with Gasteiger partial charge in [-0.1, -0.05) is 20.8 Å². The summed E-state index contributed by atoms with van der Waals surface area (Å²) >= 11 is 0. The normalized spacial score (nSPS) is 23.5. The van der Waals surface area contributed by atoms with Gasteiger partial charge in [-0.3, -0.25) is 14.5 Å². The molecular weight excluding hydrogens is 301 g/mol. The fourth-order valence-electron chi connectivity index (χ4n) is 2.43. The Morgan fingerprint density at radius 2 is 1.82 bits per heavy atom. The molecule has 0 aromatic heterocycles. The van der Waals surface area contributed by atoms with Crippen molar-refractivity contribution in [2.45, 2.75) is 33.4 Å². The van der Waals surface area contributed by atoms with E-state index in [9.17, 15) is 22.8 Å². The van der Waals surface area contributed by atoms with Gasteiger partial charge in [0.1, 0.15) is 0 Å². The highest BCUT2D eigenvalue weighted by Crippen LogP contribution is 2.37. The van der Waals surface area contributed by atoms with E-state index in [1.807, 2.05) is 20.8 Å². The van der Waals surface area contributed by atoms with Gasteiger partial charge < -0.3 is 10.4 Å². The van der Waals surface area contributed by atoms with Gasteiger partial charge in [0.25, 0.3) is 0 Å². The van der Waals surface area contributed by atoms with Crippen LogP contribution in [0.4, 0.5) is 13.2 Å². The quantitative estimate of drug-likeness (QED) is 0.808. The number of carbonyl (C=O) groups excluding carboxylic acids is 1. The maximum Gasteiger partial charge on any atom is 0.393 e. The third-order valence-electron chi connectivity index (χ3n) is 3.70. The van der Waals surface area contributed by atoms with Crippen LogP contribution >= 0.6 is 0 Å². The minimum Gasteiger partial charge on any atom is -0.481 e. The molecule has 2 N–H and O–H groups in total. The number of amides is 1. The molecule has 8 heteroatoms. The van der Waals surface area contributed by atoms with Gasteiger partial charge in [-0.15, -0.1) is 0 Å². The van der Waals surface area contributed by atoms with Crippen LogP contribution in [0.25, 0.3) is 0 Å². The van der Waals surface area contributed by atoms with E-state index in [4.69, 9.17) is 5.11 Å². The first-order valence-corrected chi connectivity index (χ1v) is 7.19. The minimum atomic E-state index is -4.57. The molecule has 1 heterocycles. The molecule has 1 aliphatic rings. The van der Waals surface area contributed by atoms with Crippen LogP contribution in [0.5, 0.6) is 0 Å². The molecule has 0 spiro atoms. The van der Waals surface area contributed by atoms with Crippen molar-refractivity contribution >= 4 is 11.9 Å². The van der Waals surface area contributed by atoms with Crippen molar-refractivity contribution in [3.63, 3.8) is 0 Å². The maximum absolute atomic E-state index is 12.8. The number of likely N-dealkylation sites (tertiary alicyclic amines) is 1. The molecule has 128 valence electrons. The molecule has 1 saturated heterocycles. The molecule has 0 unspecified atom stereocenters. The molecule has 2 atom stereocenters. The van der Waals surface area contributed by atoms with Crippen molar-refractivity contribution in [1.82, 2.24) is 10.2 Å². The van der Waals surface area contributed by atoms with Crippen LogP contribution in [0, 0.1) is 17.3 Å². The van der Waals surface area contributed by atoms with Crippen molar-refractivity contribution in [2.75, 3.05) is 26.2 Å². The molecule has 1 rings (SSSR count). The lowest BCUT2D eigenvalue weighted by Gasteiger charge is -2.20. The van der Waals surface area contributed by atoms with E-state index >= 15 is 0 Å². The predicted octanol–water partition coefficient (Wildman–Crippen LogP) is 1.73. The maximum atomic E-state index is 12.8. The van der Waals surface area contributed by atoms with E-state index in [2.05, 4.69) is 5.32 Å². The van der Waals surface area contributed by atoms with Crippen molar-refractivity contribution in [3.05, 3.63) is 0 Å². The molecule has 0 saturated carbocycles. The average Bonchev–Trinajstić information content (AvgIpc) is 2.70. The first-order chi connectivity index (χ1) is 9.90. The number of alkyl halides is 3. The molecule has 5 nitrogen and oxygen atoms in total. The number of carboxylic acid groups (broad SMARTS) is 1. The van der Waals surface area contributed by atoms with Gasteiger partial charge in [0.2, 0.25) is 5.91 Å². The second kappa shape index (κ2) is 6.85. The lowest BCUT2D eigenvalue weighted by Crippen LogP contribution is -2.38. The zero-order valence-corrected chi connectivity index (χ0v) is 13.0. The Labute approximate surface area is 127 Å². The standard InChI is InChI=1S/C14H23F3N2O3/c1-13(2,3)4-5-18-11(20)8-19-6-9(12(21)22)10(7-19)14(15,16)17/h9-10H,4-8H2,1-3H3,(H,18,20)(H,21,22)/t9-,10-/m1/s1. The van der Waals surface area contributed by atoms with E-state index in [0.717, 1.165) is 6.42 Å². The lowest BCUT2D eigenvalue weighted by molar-refractivity contribution is -0.188. The Hall–Kier alpha value is -1.31. The second-order valence-electron chi connectivity index (χ2n) is 6.95. The van der Waals surface area contributed by atoms with Crippen LogP contribution in [0.15, 0.2) is 0 Å². The molecule has 1 amide bonds. The van der Waals surface area contributed by atoms with Crippen molar-refractivity contribution in [1.29, 1.82) is 0 Å². The highest BCUT2D eigenvalue weighted by molar-refractivity contribution is 5.78. The minimum absolute atomic E-state index is 0.0523. The third kappa shape index (κ3) is 5.82. The monoisotopic (exact) mass is 324 g/mol. The van der Waals surface area contributed by atoms with Crippen molar-refractivity contribution in [2.24, 2.45) is 17.3 Å². The predicted molar refractivity (Wildman–Crippen MR) is 74.2 cm³/mol. The van der Waals surface area contributed by atoms with Crippen LogP contribution in [0.1, 0.15) is 27.2 Å². The van der Waals surface area contributed by atoms with E-state index in [-0.39, 0.29) is 24.4 Å². The van der Waals surface area contributed by atoms with Crippen molar-refractivity contribution < 1.29 is 27.9 Å². The fourth-order valence-corrected chi connectivity index (χ4v) is 2.43. The topological polar surface area (TPSA) is 69.6 Å². The van der Waals surface area contributed by atoms with Gasteiger partial charge in [-0.05, 0) is 11.8 Å². The van der Waals surface area contributed by atoms with Gasteiger partial charge in [-0.2, -0.15) is 13.2 Å². The molecule has 0 aromatic carbocycles. The number of hydrogen-bond acceptors (Lipinski definition) is 3. The van der Waals surface area contributed by atoms with Crippen LogP contribution in [-0.4, -0.2) is 54.2 Å². The number of nitrogens with one attached hydrogen (secondary N) is 1. The second-order valence-corrected chi connectivity index (χ2v) is 6.95. The van der Waals surface area contributed by atoms with Gasteiger partial charge >= 0.3 is 12.1 Å². The Morgan fingerprint density at radius 3 is 2.23 bits per heavy atom. The van der Waals surface area contributed by atoms with Gasteiger partial charge in [0.15, 0.2) is 0 Å². The Morgan fingerprint density at radius 1 is 1.23 bits per heavy atom. The van der Waals surface area contributed by atoms with Crippen LogP contribution < -0.4 is 5.32 Å². The number of hydrogen-bond donors (Lipinski definition) is 2. The number of carbonyl (C=O) groups is 2. The average molecular weight is 324 g/mol. The SMILES string of the molecule is CC(C)(C)CCNC(=O)CN1C[C@@H](C(F)(F)F)[C@H](C(=O)O)C1. The molecular formula is C14H23F3N2O3. The van der Waals surface area contributed by atoms with Gasteiger partial charge in [0.05, 0.1) is 18.4 Å². The number of aliphatic carboxylic acids is 1. The van der Waals surface area contributed by atoms with Gasteiger partial charge in [0, 0.05) is 19.6 Å². The molecule has 1 aliphatic heterocycles. The highest BCUT2D eigenvalue weighted by atomic mass is 19.4. The zero-order chi connectivity index (χ0) is 17.1.